The number of allylic oxidation sites excluding steroid dienone is 1. The molecule has 3 aromatic carbocycles. The fourth-order valence-electron chi connectivity index (χ4n) is 3.34. The van der Waals surface area contributed by atoms with Crippen LogP contribution in [0.25, 0.3) is 22.6 Å². The summed E-state index contributed by atoms with van der Waals surface area (Å²) in [5.74, 6) is 1.14. The smallest absolute Gasteiger partial charge is 0.262 e. The van der Waals surface area contributed by atoms with E-state index >= 15 is 0 Å². The SMILES string of the molecule is CCOc1ccc(NC(=O)COc2ccc(C=C(C#N)c3nc4ccccc4c(=O)[nH]3)cc2)cc1. The van der Waals surface area contributed by atoms with E-state index in [1.54, 1.807) is 78.9 Å². The molecule has 1 aromatic heterocycles. The van der Waals surface area contributed by atoms with Crippen molar-refractivity contribution in [3.05, 3.63) is 94.5 Å². The van der Waals surface area contributed by atoms with E-state index in [-0.39, 0.29) is 29.5 Å². The molecule has 35 heavy (non-hydrogen) atoms. The molecule has 0 saturated carbocycles. The number of carbonyl (C=O) groups is 1. The highest BCUT2D eigenvalue weighted by atomic mass is 16.5. The Kier molecular flexibility index (Phi) is 7.19. The quantitative estimate of drug-likeness (QED) is 0.372. The van der Waals surface area contributed by atoms with Gasteiger partial charge in [0.25, 0.3) is 11.5 Å². The Bertz CT molecular complexity index is 1470. The van der Waals surface area contributed by atoms with Crippen molar-refractivity contribution < 1.29 is 14.3 Å². The van der Waals surface area contributed by atoms with Gasteiger partial charge in [-0.25, -0.2) is 4.98 Å². The Hall–Kier alpha value is -4.90. The summed E-state index contributed by atoms with van der Waals surface area (Å²) in [7, 11) is 0. The number of anilines is 1. The summed E-state index contributed by atoms with van der Waals surface area (Å²) in [6.45, 7) is 2.32. The molecule has 0 fully saturated rings. The average Bonchev–Trinajstić information content (AvgIpc) is 2.88. The Morgan fingerprint density at radius 3 is 2.43 bits per heavy atom. The molecule has 0 atom stereocenters. The molecule has 0 aliphatic rings. The number of aromatic amines is 1. The molecule has 1 amide bonds. The normalized spacial score (nSPS) is 11.0. The van der Waals surface area contributed by atoms with Crippen molar-refractivity contribution in [1.29, 1.82) is 5.26 Å². The van der Waals surface area contributed by atoms with Crippen molar-refractivity contribution in [2.75, 3.05) is 18.5 Å². The Balaban J connectivity index is 1.39. The molecular weight excluding hydrogens is 444 g/mol. The Morgan fingerprint density at radius 1 is 1.03 bits per heavy atom. The van der Waals surface area contributed by atoms with E-state index in [9.17, 15) is 14.9 Å². The summed E-state index contributed by atoms with van der Waals surface area (Å²) in [6.07, 6.45) is 1.62. The summed E-state index contributed by atoms with van der Waals surface area (Å²) < 4.78 is 10.9. The number of benzene rings is 3. The van der Waals surface area contributed by atoms with Crippen molar-refractivity contribution in [1.82, 2.24) is 9.97 Å². The van der Waals surface area contributed by atoms with Gasteiger partial charge in [-0.15, -0.1) is 0 Å². The summed E-state index contributed by atoms with van der Waals surface area (Å²) >= 11 is 0. The van der Waals surface area contributed by atoms with E-state index in [2.05, 4.69) is 21.4 Å². The van der Waals surface area contributed by atoms with Crippen LogP contribution in [-0.2, 0) is 4.79 Å². The van der Waals surface area contributed by atoms with E-state index in [0.29, 0.717) is 34.5 Å². The van der Waals surface area contributed by atoms with Crippen LogP contribution in [0.3, 0.4) is 0 Å². The minimum absolute atomic E-state index is 0.159. The van der Waals surface area contributed by atoms with Crippen LogP contribution in [0.1, 0.15) is 18.3 Å². The van der Waals surface area contributed by atoms with Crippen molar-refractivity contribution in [3.63, 3.8) is 0 Å². The number of fused-ring (bicyclic) bond motifs is 1. The first-order chi connectivity index (χ1) is 17.1. The molecule has 0 unspecified atom stereocenters. The van der Waals surface area contributed by atoms with E-state index in [0.717, 1.165) is 5.75 Å². The number of ether oxygens (including phenoxy) is 2. The fourth-order valence-corrected chi connectivity index (χ4v) is 3.34. The third-order valence-electron chi connectivity index (χ3n) is 5.00. The molecule has 0 aliphatic carbocycles. The number of nitrogens with one attached hydrogen (secondary N) is 2. The third-order valence-corrected chi connectivity index (χ3v) is 5.00. The first-order valence-corrected chi connectivity index (χ1v) is 10.9. The van der Waals surface area contributed by atoms with E-state index in [4.69, 9.17) is 9.47 Å². The second-order valence-corrected chi connectivity index (χ2v) is 7.46. The number of para-hydroxylation sites is 1. The number of nitrogens with zero attached hydrogens (tertiary/aromatic N) is 2. The topological polar surface area (TPSA) is 117 Å². The van der Waals surface area contributed by atoms with Crippen LogP contribution >= 0.6 is 0 Å². The molecule has 0 radical (unpaired) electrons. The molecule has 8 nitrogen and oxygen atoms in total. The molecule has 0 aliphatic heterocycles. The zero-order valence-corrected chi connectivity index (χ0v) is 18.9. The lowest BCUT2D eigenvalue weighted by Gasteiger charge is -2.09. The van der Waals surface area contributed by atoms with Crippen LogP contribution < -0.4 is 20.3 Å². The molecule has 4 rings (SSSR count). The number of hydrogen-bond acceptors (Lipinski definition) is 6. The minimum atomic E-state index is -0.306. The largest absolute Gasteiger partial charge is 0.494 e. The van der Waals surface area contributed by atoms with E-state index in [1.807, 2.05) is 6.92 Å². The van der Waals surface area contributed by atoms with Crippen molar-refractivity contribution >= 4 is 34.1 Å². The van der Waals surface area contributed by atoms with Crippen LogP contribution in [0.2, 0.25) is 0 Å². The van der Waals surface area contributed by atoms with E-state index < -0.39 is 0 Å². The van der Waals surface area contributed by atoms with Gasteiger partial charge in [0.1, 0.15) is 17.6 Å². The maximum Gasteiger partial charge on any atom is 0.262 e. The molecule has 0 spiro atoms. The van der Waals surface area contributed by atoms with Gasteiger partial charge in [0, 0.05) is 5.69 Å². The minimum Gasteiger partial charge on any atom is -0.494 e. The maximum absolute atomic E-state index is 12.3. The predicted molar refractivity (Wildman–Crippen MR) is 134 cm³/mol. The van der Waals surface area contributed by atoms with Gasteiger partial charge in [-0.2, -0.15) is 5.26 Å². The van der Waals surface area contributed by atoms with E-state index in [1.165, 1.54) is 0 Å². The van der Waals surface area contributed by atoms with Crippen LogP contribution in [-0.4, -0.2) is 29.1 Å². The predicted octanol–water partition coefficient (Wildman–Crippen LogP) is 4.40. The van der Waals surface area contributed by atoms with Gasteiger partial charge in [0.05, 0.1) is 23.1 Å². The van der Waals surface area contributed by atoms with Crippen molar-refractivity contribution in [2.24, 2.45) is 0 Å². The Morgan fingerprint density at radius 2 is 1.71 bits per heavy atom. The first kappa shape index (κ1) is 23.3. The molecule has 8 heteroatoms. The molecular formula is C27H22N4O4. The molecule has 174 valence electrons. The zero-order valence-electron chi connectivity index (χ0n) is 18.9. The number of amides is 1. The summed E-state index contributed by atoms with van der Waals surface area (Å²) in [5.41, 5.74) is 1.78. The molecule has 1 heterocycles. The fraction of sp³-hybridized carbons (Fsp3) is 0.111. The van der Waals surface area contributed by atoms with Gasteiger partial charge >= 0.3 is 0 Å². The summed E-state index contributed by atoms with van der Waals surface area (Å²) in [4.78, 5) is 31.5. The highest BCUT2D eigenvalue weighted by Gasteiger charge is 2.09. The van der Waals surface area contributed by atoms with Gasteiger partial charge in [-0.3, -0.25) is 9.59 Å². The molecule has 2 N–H and O–H groups in total. The molecule has 0 saturated heterocycles. The maximum atomic E-state index is 12.3. The lowest BCUT2D eigenvalue weighted by atomic mass is 10.1. The Labute approximate surface area is 201 Å². The number of rotatable bonds is 8. The van der Waals surface area contributed by atoms with Crippen LogP contribution in [0.4, 0.5) is 5.69 Å². The number of hydrogen-bond donors (Lipinski definition) is 2. The summed E-state index contributed by atoms with van der Waals surface area (Å²) in [6, 6.07) is 23.0. The van der Waals surface area contributed by atoms with Crippen LogP contribution in [0, 0.1) is 11.3 Å². The van der Waals surface area contributed by atoms with Gasteiger partial charge in [-0.1, -0.05) is 24.3 Å². The van der Waals surface area contributed by atoms with Crippen LogP contribution in [0.15, 0.2) is 77.6 Å². The molecule has 0 bridgehead atoms. The number of nitriles is 1. The number of aromatic nitrogens is 2. The zero-order chi connectivity index (χ0) is 24.6. The van der Waals surface area contributed by atoms with Crippen molar-refractivity contribution in [3.8, 4) is 17.6 Å². The standard InChI is InChI=1S/C27H22N4O4/c1-2-34-21-13-9-20(10-14-21)29-25(32)17-35-22-11-7-18(8-12-22)15-19(16-28)26-30-24-6-4-3-5-23(24)27(33)31-26/h3-15H,2,17H2,1H3,(H,29,32)(H,30,31,33). The van der Waals surface area contributed by atoms with Gasteiger partial charge in [0.15, 0.2) is 12.4 Å². The number of carbonyl (C=O) groups excluding carboxylic acids is 1. The van der Waals surface area contributed by atoms with Gasteiger partial charge in [0.2, 0.25) is 0 Å². The average molecular weight is 466 g/mol. The van der Waals surface area contributed by atoms with Crippen LogP contribution in [0.5, 0.6) is 11.5 Å². The number of H-pyrrole nitrogens is 1. The van der Waals surface area contributed by atoms with Gasteiger partial charge < -0.3 is 19.8 Å². The monoisotopic (exact) mass is 466 g/mol. The highest BCUT2D eigenvalue weighted by Crippen LogP contribution is 2.19. The lowest BCUT2D eigenvalue weighted by Crippen LogP contribution is -2.20. The van der Waals surface area contributed by atoms with Gasteiger partial charge in [-0.05, 0) is 67.1 Å². The molecule has 4 aromatic rings. The lowest BCUT2D eigenvalue weighted by molar-refractivity contribution is -0.118. The summed E-state index contributed by atoms with van der Waals surface area (Å²) in [5, 5.41) is 12.8. The second-order valence-electron chi connectivity index (χ2n) is 7.46. The first-order valence-electron chi connectivity index (χ1n) is 10.9. The highest BCUT2D eigenvalue weighted by molar-refractivity contribution is 5.92. The second kappa shape index (κ2) is 10.8. The van der Waals surface area contributed by atoms with Crippen molar-refractivity contribution in [2.45, 2.75) is 6.92 Å². The third kappa shape index (κ3) is 5.92.